The van der Waals surface area contributed by atoms with E-state index in [2.05, 4.69) is 4.98 Å². The highest BCUT2D eigenvalue weighted by Gasteiger charge is 2.38. The van der Waals surface area contributed by atoms with Gasteiger partial charge in [-0.3, -0.25) is 0 Å². The van der Waals surface area contributed by atoms with Gasteiger partial charge in [0.2, 0.25) is 9.84 Å². The van der Waals surface area contributed by atoms with Crippen LogP contribution in [0.25, 0.3) is 21.6 Å². The van der Waals surface area contributed by atoms with Gasteiger partial charge in [-0.1, -0.05) is 30.3 Å². The first-order valence-electron chi connectivity index (χ1n) is 6.83. The Morgan fingerprint density at radius 1 is 1.00 bits per heavy atom. The van der Waals surface area contributed by atoms with Crippen molar-refractivity contribution >= 4 is 31.4 Å². The third-order valence-electron chi connectivity index (χ3n) is 3.79. The Hall–Kier alpha value is -2.73. The average molecular weight is 327 g/mol. The van der Waals surface area contributed by atoms with Gasteiger partial charge in [0.15, 0.2) is 5.03 Å². The molecule has 0 bridgehead atoms. The van der Waals surface area contributed by atoms with Crippen molar-refractivity contribution in [1.82, 2.24) is 4.98 Å². The van der Waals surface area contributed by atoms with Gasteiger partial charge in [-0.2, -0.15) is 0 Å². The molecule has 2 aromatic carbocycles. The number of aliphatic hydroxyl groups is 1. The Bertz CT molecular complexity index is 1090. The number of rotatable bonds is 1. The van der Waals surface area contributed by atoms with E-state index in [0.717, 1.165) is 17.5 Å². The zero-order chi connectivity index (χ0) is 16.2. The summed E-state index contributed by atoms with van der Waals surface area (Å²) >= 11 is 0. The number of aromatic nitrogens is 1. The second kappa shape index (κ2) is 4.63. The molecule has 0 saturated heterocycles. The predicted molar refractivity (Wildman–Crippen MR) is 84.8 cm³/mol. The Labute approximate surface area is 131 Å². The fraction of sp³-hybridized carbons (Fsp3) is 0. The number of aliphatic hydroxyl groups excluding tert-OH is 1. The van der Waals surface area contributed by atoms with E-state index in [4.69, 9.17) is 0 Å². The monoisotopic (exact) mass is 327 g/mol. The third-order valence-corrected chi connectivity index (χ3v) is 5.58. The molecule has 6 heteroatoms. The SMILES string of the molecule is O=S1(=O)C(c2ccc(F)cc2)=C(O)c2cc3ccccc3nc21. The van der Waals surface area contributed by atoms with E-state index in [1.54, 1.807) is 24.3 Å². The van der Waals surface area contributed by atoms with Crippen LogP contribution in [0.4, 0.5) is 4.39 Å². The molecule has 0 saturated carbocycles. The molecule has 0 amide bonds. The molecule has 0 atom stereocenters. The molecule has 0 fully saturated rings. The first-order valence-corrected chi connectivity index (χ1v) is 8.31. The summed E-state index contributed by atoms with van der Waals surface area (Å²) in [7, 11) is -3.96. The molecule has 2 heterocycles. The topological polar surface area (TPSA) is 67.3 Å². The maximum Gasteiger partial charge on any atom is 0.228 e. The fourth-order valence-electron chi connectivity index (χ4n) is 2.71. The molecule has 0 radical (unpaired) electrons. The fourth-order valence-corrected chi connectivity index (χ4v) is 4.38. The number of benzene rings is 2. The standard InChI is InChI=1S/C17H10FNO3S/c18-12-7-5-10(6-8-12)16-15(20)13-9-11-3-1-2-4-14(11)19-17(13)23(16,21)22/h1-9,20H. The zero-order valence-corrected chi connectivity index (χ0v) is 12.5. The molecule has 4 nitrogen and oxygen atoms in total. The minimum Gasteiger partial charge on any atom is -0.506 e. The van der Waals surface area contributed by atoms with Gasteiger partial charge < -0.3 is 5.11 Å². The number of fused-ring (bicyclic) bond motifs is 2. The summed E-state index contributed by atoms with van der Waals surface area (Å²) in [5, 5.41) is 11.0. The minimum absolute atomic E-state index is 0.169. The normalized spacial score (nSPS) is 15.9. The molecule has 114 valence electrons. The second-order valence-corrected chi connectivity index (χ2v) is 7.02. The van der Waals surface area contributed by atoms with Gasteiger partial charge in [-0.05, 0) is 29.8 Å². The van der Waals surface area contributed by atoms with Crippen molar-refractivity contribution in [1.29, 1.82) is 0 Å². The Morgan fingerprint density at radius 3 is 2.43 bits per heavy atom. The lowest BCUT2D eigenvalue weighted by Crippen LogP contribution is -2.03. The molecule has 1 aliphatic rings. The molecular weight excluding hydrogens is 317 g/mol. The van der Waals surface area contributed by atoms with Crippen molar-refractivity contribution in [3.63, 3.8) is 0 Å². The van der Waals surface area contributed by atoms with E-state index in [9.17, 15) is 17.9 Å². The second-order valence-electron chi connectivity index (χ2n) is 5.22. The van der Waals surface area contributed by atoms with Crippen molar-refractivity contribution in [2.75, 3.05) is 0 Å². The number of para-hydroxylation sites is 1. The number of hydrogen-bond acceptors (Lipinski definition) is 4. The molecule has 1 aromatic heterocycles. The van der Waals surface area contributed by atoms with E-state index in [0.29, 0.717) is 5.52 Å². The lowest BCUT2D eigenvalue weighted by atomic mass is 10.1. The lowest BCUT2D eigenvalue weighted by molar-refractivity contribution is 0.513. The summed E-state index contributed by atoms with van der Waals surface area (Å²) < 4.78 is 38.6. The number of pyridine rings is 1. The van der Waals surface area contributed by atoms with Crippen LogP contribution in [0.1, 0.15) is 11.1 Å². The lowest BCUT2D eigenvalue weighted by Gasteiger charge is -2.03. The Kier molecular flexibility index (Phi) is 2.80. The summed E-state index contributed by atoms with van der Waals surface area (Å²) in [5.74, 6) is -0.838. The summed E-state index contributed by atoms with van der Waals surface area (Å²) in [6.45, 7) is 0. The molecule has 1 N–H and O–H groups in total. The van der Waals surface area contributed by atoms with E-state index >= 15 is 0 Å². The van der Waals surface area contributed by atoms with Crippen molar-refractivity contribution in [3.8, 4) is 0 Å². The zero-order valence-electron chi connectivity index (χ0n) is 11.7. The van der Waals surface area contributed by atoms with Crippen molar-refractivity contribution in [2.24, 2.45) is 0 Å². The molecule has 3 aromatic rings. The minimum atomic E-state index is -3.96. The Morgan fingerprint density at radius 2 is 1.70 bits per heavy atom. The van der Waals surface area contributed by atoms with E-state index in [1.807, 2.05) is 6.07 Å². The largest absolute Gasteiger partial charge is 0.506 e. The number of halogens is 1. The van der Waals surface area contributed by atoms with Gasteiger partial charge in [0.05, 0.1) is 11.1 Å². The van der Waals surface area contributed by atoms with Crippen LogP contribution in [0.5, 0.6) is 0 Å². The summed E-state index contributed by atoms with van der Waals surface area (Å²) in [4.78, 5) is 3.95. The summed E-state index contributed by atoms with van der Waals surface area (Å²) in [5.41, 5.74) is 0.928. The highest BCUT2D eigenvalue weighted by molar-refractivity contribution is 8.01. The first kappa shape index (κ1) is 13.9. The maximum absolute atomic E-state index is 13.1. The predicted octanol–water partition coefficient (Wildman–Crippen LogP) is 3.55. The summed E-state index contributed by atoms with van der Waals surface area (Å²) in [6, 6.07) is 13.6. The van der Waals surface area contributed by atoms with Crippen LogP contribution in [0.2, 0.25) is 0 Å². The van der Waals surface area contributed by atoms with E-state index in [1.165, 1.54) is 12.1 Å². The molecule has 0 unspecified atom stereocenters. The third kappa shape index (κ3) is 1.95. The average Bonchev–Trinajstić information content (AvgIpc) is 2.73. The van der Waals surface area contributed by atoms with Crippen LogP contribution in [0.15, 0.2) is 59.6 Å². The van der Waals surface area contributed by atoms with Gasteiger partial charge in [-0.25, -0.2) is 17.8 Å². The molecule has 4 rings (SSSR count). The maximum atomic E-state index is 13.1. The van der Waals surface area contributed by atoms with Crippen molar-refractivity contribution < 1.29 is 17.9 Å². The van der Waals surface area contributed by atoms with Gasteiger partial charge in [0.1, 0.15) is 16.5 Å². The van der Waals surface area contributed by atoms with Crippen LogP contribution in [0.3, 0.4) is 0 Å². The first-order chi connectivity index (χ1) is 11.0. The van der Waals surface area contributed by atoms with Crippen LogP contribution in [-0.4, -0.2) is 18.5 Å². The number of nitrogens with zero attached hydrogens (tertiary/aromatic N) is 1. The highest BCUT2D eigenvalue weighted by atomic mass is 32.2. The van der Waals surface area contributed by atoms with Crippen molar-refractivity contribution in [2.45, 2.75) is 5.03 Å². The molecule has 23 heavy (non-hydrogen) atoms. The summed E-state index contributed by atoms with van der Waals surface area (Å²) in [6.07, 6.45) is 0. The van der Waals surface area contributed by atoms with Gasteiger partial charge in [0, 0.05) is 5.39 Å². The molecule has 0 spiro atoms. The quantitative estimate of drug-likeness (QED) is 0.742. The number of sulfone groups is 1. The van der Waals surface area contributed by atoms with Crippen LogP contribution < -0.4 is 0 Å². The van der Waals surface area contributed by atoms with Crippen LogP contribution in [-0.2, 0) is 9.84 Å². The van der Waals surface area contributed by atoms with E-state index < -0.39 is 15.7 Å². The van der Waals surface area contributed by atoms with Crippen LogP contribution in [0, 0.1) is 5.82 Å². The molecule has 1 aliphatic heterocycles. The number of hydrogen-bond donors (Lipinski definition) is 1. The van der Waals surface area contributed by atoms with E-state index in [-0.39, 0.29) is 26.8 Å². The van der Waals surface area contributed by atoms with Gasteiger partial charge in [-0.15, -0.1) is 0 Å². The molecular formula is C17H10FNO3S. The molecule has 0 aliphatic carbocycles. The smallest absolute Gasteiger partial charge is 0.228 e. The Balaban J connectivity index is 2.03. The van der Waals surface area contributed by atoms with Crippen LogP contribution >= 0.6 is 0 Å². The van der Waals surface area contributed by atoms with Gasteiger partial charge in [0.25, 0.3) is 0 Å². The van der Waals surface area contributed by atoms with Crippen molar-refractivity contribution in [3.05, 3.63) is 71.5 Å². The highest BCUT2D eigenvalue weighted by Crippen LogP contribution is 2.43. The van der Waals surface area contributed by atoms with Gasteiger partial charge >= 0.3 is 0 Å².